The SMILES string of the molecule is O=c1cc(Nc2ccccc2)n(-c2ccccc2)c2c(CC3CC3)cncc12. The Morgan fingerprint density at radius 2 is 1.68 bits per heavy atom. The molecule has 0 aliphatic heterocycles. The lowest BCUT2D eigenvalue weighted by molar-refractivity contribution is 0.828. The van der Waals surface area contributed by atoms with Gasteiger partial charge in [0.15, 0.2) is 5.43 Å². The molecule has 1 aliphatic rings. The molecule has 1 N–H and O–H groups in total. The van der Waals surface area contributed by atoms with Crippen LogP contribution in [0.5, 0.6) is 0 Å². The third-order valence-electron chi connectivity index (χ3n) is 5.26. The van der Waals surface area contributed by atoms with E-state index in [0.29, 0.717) is 11.3 Å². The van der Waals surface area contributed by atoms with Gasteiger partial charge >= 0.3 is 0 Å². The van der Waals surface area contributed by atoms with Crippen molar-refractivity contribution in [3.8, 4) is 5.69 Å². The molecule has 0 unspecified atom stereocenters. The number of fused-ring (bicyclic) bond motifs is 1. The zero-order valence-electron chi connectivity index (χ0n) is 15.5. The number of anilines is 2. The van der Waals surface area contributed by atoms with Crippen LogP contribution >= 0.6 is 0 Å². The molecule has 2 heterocycles. The summed E-state index contributed by atoms with van der Waals surface area (Å²) in [5.74, 6) is 1.47. The molecule has 0 spiro atoms. The molecule has 2 aromatic heterocycles. The Bertz CT molecular complexity index is 1180. The van der Waals surface area contributed by atoms with Gasteiger partial charge in [-0.05, 0) is 55.0 Å². The van der Waals surface area contributed by atoms with Gasteiger partial charge in [-0.25, -0.2) is 0 Å². The van der Waals surface area contributed by atoms with E-state index in [1.807, 2.05) is 54.7 Å². The minimum Gasteiger partial charge on any atom is -0.341 e. The molecule has 0 radical (unpaired) electrons. The van der Waals surface area contributed by atoms with E-state index in [0.717, 1.165) is 34.7 Å². The van der Waals surface area contributed by atoms with Crippen LogP contribution in [0.2, 0.25) is 0 Å². The maximum atomic E-state index is 12.9. The number of rotatable bonds is 5. The fraction of sp³-hybridized carbons (Fsp3) is 0.167. The van der Waals surface area contributed by atoms with Crippen molar-refractivity contribution in [3.05, 3.63) is 94.9 Å². The van der Waals surface area contributed by atoms with Crippen LogP contribution in [0.25, 0.3) is 16.6 Å². The van der Waals surface area contributed by atoms with E-state index in [9.17, 15) is 4.79 Å². The summed E-state index contributed by atoms with van der Waals surface area (Å²) in [5.41, 5.74) is 4.06. The first-order chi connectivity index (χ1) is 13.8. The lowest BCUT2D eigenvalue weighted by Gasteiger charge is -2.20. The summed E-state index contributed by atoms with van der Waals surface area (Å²) in [4.78, 5) is 17.3. The smallest absolute Gasteiger partial charge is 0.193 e. The maximum absolute atomic E-state index is 12.9. The van der Waals surface area contributed by atoms with Crippen LogP contribution in [0.4, 0.5) is 11.5 Å². The summed E-state index contributed by atoms with van der Waals surface area (Å²) in [5, 5.41) is 4.11. The van der Waals surface area contributed by atoms with E-state index < -0.39 is 0 Å². The average molecular weight is 367 g/mol. The Hall–Kier alpha value is -3.40. The number of nitrogens with zero attached hydrogens (tertiary/aromatic N) is 2. The zero-order chi connectivity index (χ0) is 18.9. The summed E-state index contributed by atoms with van der Waals surface area (Å²) >= 11 is 0. The first kappa shape index (κ1) is 16.8. The van der Waals surface area contributed by atoms with Crippen molar-refractivity contribution in [2.45, 2.75) is 19.3 Å². The molecule has 1 saturated carbocycles. The van der Waals surface area contributed by atoms with Gasteiger partial charge in [0.25, 0.3) is 0 Å². The van der Waals surface area contributed by atoms with Gasteiger partial charge in [-0.1, -0.05) is 36.4 Å². The van der Waals surface area contributed by atoms with E-state index in [4.69, 9.17) is 0 Å². The highest BCUT2D eigenvalue weighted by Crippen LogP contribution is 2.35. The molecule has 0 bridgehead atoms. The van der Waals surface area contributed by atoms with E-state index in [-0.39, 0.29) is 5.43 Å². The molecule has 0 saturated heterocycles. The van der Waals surface area contributed by atoms with Gasteiger partial charge in [0, 0.05) is 29.8 Å². The van der Waals surface area contributed by atoms with E-state index >= 15 is 0 Å². The minimum atomic E-state index is -0.00856. The van der Waals surface area contributed by atoms with Crippen molar-refractivity contribution < 1.29 is 0 Å². The lowest BCUT2D eigenvalue weighted by atomic mass is 10.1. The fourth-order valence-electron chi connectivity index (χ4n) is 3.72. The highest BCUT2D eigenvalue weighted by Gasteiger charge is 2.24. The highest BCUT2D eigenvalue weighted by atomic mass is 16.1. The van der Waals surface area contributed by atoms with Crippen molar-refractivity contribution in [2.24, 2.45) is 5.92 Å². The molecule has 4 nitrogen and oxygen atoms in total. The third-order valence-corrected chi connectivity index (χ3v) is 5.26. The van der Waals surface area contributed by atoms with Crippen LogP contribution in [0, 0.1) is 5.92 Å². The standard InChI is InChI=1S/C24H21N3O/c28-22-14-23(26-19-7-3-1-4-8-19)27(20-9-5-2-6-10-20)24-18(13-17-11-12-17)15-25-16-21(22)24/h1-10,14-17,26H,11-13H2. The summed E-state index contributed by atoms with van der Waals surface area (Å²) in [6, 6.07) is 21.8. The Balaban J connectivity index is 1.79. The molecule has 4 heteroatoms. The maximum Gasteiger partial charge on any atom is 0.193 e. The summed E-state index contributed by atoms with van der Waals surface area (Å²) < 4.78 is 2.16. The second kappa shape index (κ2) is 6.97. The topological polar surface area (TPSA) is 46.9 Å². The second-order valence-electron chi connectivity index (χ2n) is 7.40. The molecule has 0 amide bonds. The van der Waals surface area contributed by atoms with Crippen molar-refractivity contribution in [1.82, 2.24) is 9.55 Å². The predicted molar refractivity (Wildman–Crippen MR) is 113 cm³/mol. The average Bonchev–Trinajstić information content (AvgIpc) is 3.54. The Morgan fingerprint density at radius 3 is 2.39 bits per heavy atom. The van der Waals surface area contributed by atoms with Crippen molar-refractivity contribution in [3.63, 3.8) is 0 Å². The number of hydrogen-bond acceptors (Lipinski definition) is 3. The fourth-order valence-corrected chi connectivity index (χ4v) is 3.72. The van der Waals surface area contributed by atoms with Gasteiger partial charge in [0.05, 0.1) is 10.9 Å². The Morgan fingerprint density at radius 1 is 0.964 bits per heavy atom. The van der Waals surface area contributed by atoms with Crippen molar-refractivity contribution in [1.29, 1.82) is 0 Å². The van der Waals surface area contributed by atoms with Gasteiger partial charge in [-0.3, -0.25) is 14.3 Å². The largest absolute Gasteiger partial charge is 0.341 e. The molecule has 2 aromatic carbocycles. The third kappa shape index (κ3) is 3.18. The number of para-hydroxylation sites is 2. The normalized spacial score (nSPS) is 13.6. The molecule has 1 aliphatic carbocycles. The second-order valence-corrected chi connectivity index (χ2v) is 7.40. The minimum absolute atomic E-state index is 0.00856. The molecular weight excluding hydrogens is 346 g/mol. The van der Waals surface area contributed by atoms with Crippen LogP contribution in [-0.4, -0.2) is 9.55 Å². The summed E-state index contributed by atoms with van der Waals surface area (Å²) in [6.45, 7) is 0. The number of pyridine rings is 2. The lowest BCUT2D eigenvalue weighted by Crippen LogP contribution is -2.14. The predicted octanol–water partition coefficient (Wildman–Crippen LogP) is 5.08. The Labute approximate surface area is 163 Å². The van der Waals surface area contributed by atoms with Crippen LogP contribution in [0.3, 0.4) is 0 Å². The van der Waals surface area contributed by atoms with E-state index in [1.165, 1.54) is 12.8 Å². The number of nitrogens with one attached hydrogen (secondary N) is 1. The molecule has 4 aromatic rings. The molecular formula is C24H21N3O. The van der Waals surface area contributed by atoms with Gasteiger partial charge in [0.1, 0.15) is 5.82 Å². The summed E-state index contributed by atoms with van der Waals surface area (Å²) in [6.07, 6.45) is 7.10. The summed E-state index contributed by atoms with van der Waals surface area (Å²) in [7, 11) is 0. The molecule has 0 atom stereocenters. The zero-order valence-corrected chi connectivity index (χ0v) is 15.5. The molecule has 138 valence electrons. The molecule has 28 heavy (non-hydrogen) atoms. The van der Waals surface area contributed by atoms with Crippen LogP contribution in [0.1, 0.15) is 18.4 Å². The molecule has 1 fully saturated rings. The number of aromatic nitrogens is 2. The number of hydrogen-bond donors (Lipinski definition) is 1. The first-order valence-corrected chi connectivity index (χ1v) is 9.70. The first-order valence-electron chi connectivity index (χ1n) is 9.70. The van der Waals surface area contributed by atoms with Gasteiger partial charge in [0.2, 0.25) is 0 Å². The van der Waals surface area contributed by atoms with Gasteiger partial charge < -0.3 is 5.32 Å². The molecule has 5 rings (SSSR count). The van der Waals surface area contributed by atoms with Crippen LogP contribution < -0.4 is 10.7 Å². The van der Waals surface area contributed by atoms with Gasteiger partial charge in [-0.15, -0.1) is 0 Å². The number of benzene rings is 2. The quantitative estimate of drug-likeness (QED) is 0.535. The van der Waals surface area contributed by atoms with Crippen molar-refractivity contribution in [2.75, 3.05) is 5.32 Å². The van der Waals surface area contributed by atoms with Crippen LogP contribution in [-0.2, 0) is 6.42 Å². The van der Waals surface area contributed by atoms with Gasteiger partial charge in [-0.2, -0.15) is 0 Å². The van der Waals surface area contributed by atoms with E-state index in [2.05, 4.69) is 27.0 Å². The Kier molecular flexibility index (Phi) is 4.17. The monoisotopic (exact) mass is 367 g/mol. The van der Waals surface area contributed by atoms with Crippen molar-refractivity contribution >= 4 is 22.4 Å². The van der Waals surface area contributed by atoms with E-state index in [1.54, 1.807) is 12.3 Å². The highest BCUT2D eigenvalue weighted by molar-refractivity contribution is 5.86. The van der Waals surface area contributed by atoms with Crippen LogP contribution in [0.15, 0.2) is 83.9 Å².